The number of hydrogen-bond donors (Lipinski definition) is 1. The van der Waals surface area contributed by atoms with Crippen LogP contribution in [0.4, 0.5) is 11.4 Å². The summed E-state index contributed by atoms with van der Waals surface area (Å²) in [6.07, 6.45) is 4.75. The summed E-state index contributed by atoms with van der Waals surface area (Å²) in [4.78, 5) is 18.9. The molecule has 0 saturated carbocycles. The monoisotopic (exact) mass is 288 g/mol. The van der Waals surface area contributed by atoms with Crippen molar-refractivity contribution in [2.45, 2.75) is 13.0 Å². The number of nitro groups is 1. The summed E-state index contributed by atoms with van der Waals surface area (Å²) in [7, 11) is 0. The first-order valence-electron chi connectivity index (χ1n) is 6.25. The smallest absolute Gasteiger partial charge is 0.296 e. The third-order valence-corrected chi connectivity index (χ3v) is 3.09. The van der Waals surface area contributed by atoms with Crippen molar-refractivity contribution in [1.29, 1.82) is 0 Å². The SMILES string of the molecule is CC(Nc1cc2c(cc1[N+](=O)[O-])OCO2)c1cnccn1. The van der Waals surface area contributed by atoms with Gasteiger partial charge < -0.3 is 14.8 Å². The lowest BCUT2D eigenvalue weighted by Crippen LogP contribution is -2.10. The number of nitrogens with zero attached hydrogens (tertiary/aromatic N) is 3. The second-order valence-corrected chi connectivity index (χ2v) is 4.48. The lowest BCUT2D eigenvalue weighted by Gasteiger charge is -2.14. The highest BCUT2D eigenvalue weighted by atomic mass is 16.7. The Morgan fingerprint density at radius 3 is 2.76 bits per heavy atom. The Bertz CT molecular complexity index is 677. The molecule has 1 atom stereocenters. The topological polar surface area (TPSA) is 99.4 Å². The van der Waals surface area contributed by atoms with Gasteiger partial charge in [-0.3, -0.25) is 20.1 Å². The number of hydrogen-bond acceptors (Lipinski definition) is 7. The zero-order valence-corrected chi connectivity index (χ0v) is 11.1. The zero-order valence-electron chi connectivity index (χ0n) is 11.1. The molecule has 0 saturated heterocycles. The van der Waals surface area contributed by atoms with Gasteiger partial charge in [-0.25, -0.2) is 0 Å². The molecule has 0 radical (unpaired) electrons. The molecule has 1 N–H and O–H groups in total. The normalized spacial score (nSPS) is 13.8. The molecule has 8 heteroatoms. The zero-order chi connectivity index (χ0) is 14.8. The molecule has 1 aliphatic heterocycles. The molecule has 21 heavy (non-hydrogen) atoms. The Morgan fingerprint density at radius 2 is 2.10 bits per heavy atom. The molecule has 8 nitrogen and oxygen atoms in total. The van der Waals surface area contributed by atoms with Gasteiger partial charge in [0.1, 0.15) is 5.69 Å². The number of anilines is 1. The number of aromatic nitrogens is 2. The van der Waals surface area contributed by atoms with E-state index in [1.54, 1.807) is 24.7 Å². The predicted octanol–water partition coefficient (Wildman–Crippen LogP) is 2.29. The van der Waals surface area contributed by atoms with Crippen molar-refractivity contribution in [3.05, 3.63) is 46.5 Å². The lowest BCUT2D eigenvalue weighted by atomic mass is 10.2. The van der Waals surface area contributed by atoms with Gasteiger partial charge in [0.2, 0.25) is 6.79 Å². The van der Waals surface area contributed by atoms with Crippen molar-refractivity contribution in [1.82, 2.24) is 9.97 Å². The first-order chi connectivity index (χ1) is 10.1. The second kappa shape index (κ2) is 5.23. The number of nitrogens with one attached hydrogen (secondary N) is 1. The summed E-state index contributed by atoms with van der Waals surface area (Å²) in [5.74, 6) is 0.855. The highest BCUT2D eigenvalue weighted by Crippen LogP contribution is 2.41. The van der Waals surface area contributed by atoms with Gasteiger partial charge in [-0.2, -0.15) is 0 Å². The Kier molecular flexibility index (Phi) is 3.27. The molecule has 0 bridgehead atoms. The van der Waals surface area contributed by atoms with Crippen LogP contribution in [0.15, 0.2) is 30.7 Å². The maximum Gasteiger partial charge on any atom is 0.296 e. The summed E-state index contributed by atoms with van der Waals surface area (Å²) >= 11 is 0. The fraction of sp³-hybridized carbons (Fsp3) is 0.231. The van der Waals surface area contributed by atoms with Crippen molar-refractivity contribution >= 4 is 11.4 Å². The molecule has 0 amide bonds. The fourth-order valence-corrected chi connectivity index (χ4v) is 2.04. The summed E-state index contributed by atoms with van der Waals surface area (Å²) < 4.78 is 10.4. The van der Waals surface area contributed by atoms with Crippen LogP contribution in [0.25, 0.3) is 0 Å². The third-order valence-electron chi connectivity index (χ3n) is 3.09. The molecule has 0 fully saturated rings. The molecule has 1 unspecified atom stereocenters. The molecule has 2 heterocycles. The van der Waals surface area contributed by atoms with E-state index < -0.39 is 4.92 Å². The van der Waals surface area contributed by atoms with Crippen LogP contribution < -0.4 is 14.8 Å². The van der Waals surface area contributed by atoms with Gasteiger partial charge in [-0.05, 0) is 6.92 Å². The van der Waals surface area contributed by atoms with Crippen LogP contribution in [0.3, 0.4) is 0 Å². The average Bonchev–Trinajstić information content (AvgIpc) is 2.94. The number of fused-ring (bicyclic) bond motifs is 1. The molecule has 1 aromatic carbocycles. The number of benzene rings is 1. The van der Waals surface area contributed by atoms with Gasteiger partial charge in [0.15, 0.2) is 11.5 Å². The highest BCUT2D eigenvalue weighted by molar-refractivity contribution is 5.69. The molecule has 0 aliphatic carbocycles. The van der Waals surface area contributed by atoms with E-state index in [4.69, 9.17) is 9.47 Å². The minimum Gasteiger partial charge on any atom is -0.454 e. The van der Waals surface area contributed by atoms with Gasteiger partial charge in [0.25, 0.3) is 5.69 Å². The van der Waals surface area contributed by atoms with Crippen molar-refractivity contribution < 1.29 is 14.4 Å². The van der Waals surface area contributed by atoms with Crippen molar-refractivity contribution in [2.24, 2.45) is 0 Å². The van der Waals surface area contributed by atoms with Crippen LogP contribution in [0.1, 0.15) is 18.7 Å². The van der Waals surface area contributed by atoms with Crippen LogP contribution in [-0.2, 0) is 0 Å². The number of rotatable bonds is 4. The maximum atomic E-state index is 11.2. The van der Waals surface area contributed by atoms with E-state index in [2.05, 4.69) is 15.3 Å². The summed E-state index contributed by atoms with van der Waals surface area (Å²) in [5, 5.41) is 14.2. The fourth-order valence-electron chi connectivity index (χ4n) is 2.04. The van der Waals surface area contributed by atoms with E-state index in [1.165, 1.54) is 6.07 Å². The first kappa shape index (κ1) is 13.1. The molecule has 1 aliphatic rings. The van der Waals surface area contributed by atoms with E-state index in [-0.39, 0.29) is 18.5 Å². The Morgan fingerprint density at radius 1 is 1.33 bits per heavy atom. The molecule has 2 aromatic rings. The van der Waals surface area contributed by atoms with Crippen LogP contribution in [0, 0.1) is 10.1 Å². The van der Waals surface area contributed by atoms with Crippen LogP contribution in [0.5, 0.6) is 11.5 Å². The van der Waals surface area contributed by atoms with E-state index in [9.17, 15) is 10.1 Å². The number of ether oxygens (including phenoxy) is 2. The lowest BCUT2D eigenvalue weighted by molar-refractivity contribution is -0.384. The minimum atomic E-state index is -0.465. The minimum absolute atomic E-state index is 0.0651. The van der Waals surface area contributed by atoms with E-state index >= 15 is 0 Å². The quantitative estimate of drug-likeness (QED) is 0.680. The summed E-state index contributed by atoms with van der Waals surface area (Å²) in [6, 6.07) is 2.68. The highest BCUT2D eigenvalue weighted by Gasteiger charge is 2.24. The van der Waals surface area contributed by atoms with E-state index in [0.717, 1.165) is 0 Å². The molecule has 108 valence electrons. The molecular weight excluding hydrogens is 276 g/mol. The number of nitro benzene ring substituents is 1. The maximum absolute atomic E-state index is 11.2. The van der Waals surface area contributed by atoms with Crippen molar-refractivity contribution in [3.63, 3.8) is 0 Å². The van der Waals surface area contributed by atoms with Gasteiger partial charge in [0.05, 0.1) is 28.9 Å². The molecule has 3 rings (SSSR count). The van der Waals surface area contributed by atoms with Gasteiger partial charge in [-0.1, -0.05) is 0 Å². The van der Waals surface area contributed by atoms with Crippen LogP contribution in [-0.4, -0.2) is 21.7 Å². The Labute approximate surface area is 119 Å². The van der Waals surface area contributed by atoms with E-state index in [0.29, 0.717) is 22.9 Å². The predicted molar refractivity (Wildman–Crippen MR) is 73.3 cm³/mol. The van der Waals surface area contributed by atoms with Crippen LogP contribution in [0.2, 0.25) is 0 Å². The average molecular weight is 288 g/mol. The molecular formula is C13H12N4O4. The first-order valence-corrected chi connectivity index (χ1v) is 6.25. The standard InChI is InChI=1S/C13H12N4O4/c1-8(10-6-14-2-3-15-10)16-9-4-12-13(21-7-20-12)5-11(9)17(18)19/h2-6,8,16H,7H2,1H3. The van der Waals surface area contributed by atoms with Gasteiger partial charge in [0, 0.05) is 18.5 Å². The largest absolute Gasteiger partial charge is 0.454 e. The summed E-state index contributed by atoms with van der Waals surface area (Å²) in [6.45, 7) is 1.91. The van der Waals surface area contributed by atoms with Gasteiger partial charge in [-0.15, -0.1) is 0 Å². The third kappa shape index (κ3) is 2.55. The van der Waals surface area contributed by atoms with Crippen molar-refractivity contribution in [3.8, 4) is 11.5 Å². The summed E-state index contributed by atoms with van der Waals surface area (Å²) in [5.41, 5.74) is 0.960. The van der Waals surface area contributed by atoms with E-state index in [1.807, 2.05) is 6.92 Å². The Balaban J connectivity index is 1.93. The van der Waals surface area contributed by atoms with Crippen LogP contribution >= 0.6 is 0 Å². The van der Waals surface area contributed by atoms with Crippen molar-refractivity contribution in [2.75, 3.05) is 12.1 Å². The Hall–Kier alpha value is -2.90. The van der Waals surface area contributed by atoms with Gasteiger partial charge >= 0.3 is 0 Å². The second-order valence-electron chi connectivity index (χ2n) is 4.48. The molecule has 1 aromatic heterocycles. The molecule has 0 spiro atoms.